The van der Waals surface area contributed by atoms with Crippen molar-refractivity contribution >= 4 is 11.8 Å². The van der Waals surface area contributed by atoms with Gasteiger partial charge in [-0.05, 0) is 17.4 Å². The van der Waals surface area contributed by atoms with Crippen molar-refractivity contribution in [2.24, 2.45) is 5.73 Å². The second-order valence-electron chi connectivity index (χ2n) is 2.55. The first-order valence-electron chi connectivity index (χ1n) is 4.08. The molecular weight excluding hydrogens is 168 g/mol. The zero-order valence-corrected chi connectivity index (χ0v) is 8.05. The van der Waals surface area contributed by atoms with Gasteiger partial charge in [0.2, 0.25) is 0 Å². The van der Waals surface area contributed by atoms with E-state index in [0.29, 0.717) is 0 Å². The maximum Gasteiger partial charge on any atom is 0.0402 e. The summed E-state index contributed by atoms with van der Waals surface area (Å²) in [6.07, 6.45) is 3.60. The molecule has 12 heavy (non-hydrogen) atoms. The van der Waals surface area contributed by atoms with Gasteiger partial charge < -0.3 is 5.73 Å². The van der Waals surface area contributed by atoms with Crippen LogP contribution < -0.4 is 5.73 Å². The van der Waals surface area contributed by atoms with E-state index in [4.69, 9.17) is 5.73 Å². The minimum Gasteiger partial charge on any atom is -0.323 e. The molecule has 0 bridgehead atoms. The number of nitrogens with zero attached hydrogens (tertiary/aromatic N) is 1. The minimum absolute atomic E-state index is 0.128. The fourth-order valence-electron chi connectivity index (χ4n) is 0.936. The van der Waals surface area contributed by atoms with Gasteiger partial charge in [-0.2, -0.15) is 11.8 Å². The Morgan fingerprint density at radius 1 is 1.67 bits per heavy atom. The Balaban J connectivity index is 2.48. The van der Waals surface area contributed by atoms with Crippen molar-refractivity contribution in [1.82, 2.24) is 4.98 Å². The highest BCUT2D eigenvalue weighted by atomic mass is 32.2. The third-order valence-corrected chi connectivity index (χ3v) is 2.62. The molecule has 0 aromatic carbocycles. The molecule has 66 valence electrons. The van der Waals surface area contributed by atoms with Gasteiger partial charge >= 0.3 is 0 Å². The first-order valence-corrected chi connectivity index (χ1v) is 5.23. The number of aromatic nitrogens is 1. The van der Waals surface area contributed by atoms with Crippen molar-refractivity contribution in [2.75, 3.05) is 11.5 Å². The van der Waals surface area contributed by atoms with E-state index in [-0.39, 0.29) is 6.04 Å². The normalized spacial score (nSPS) is 12.8. The van der Waals surface area contributed by atoms with Gasteiger partial charge in [0.1, 0.15) is 0 Å². The molecule has 1 heterocycles. The van der Waals surface area contributed by atoms with E-state index in [9.17, 15) is 0 Å². The van der Waals surface area contributed by atoms with Crippen LogP contribution in [0.25, 0.3) is 0 Å². The van der Waals surface area contributed by atoms with Crippen LogP contribution in [-0.2, 0) is 0 Å². The standard InChI is InChI=1S/C9H14N2S/c1-2-12-7-9(10)8-4-3-5-11-6-8/h3-6,9H,2,7,10H2,1H3. The molecule has 0 saturated carbocycles. The van der Waals surface area contributed by atoms with Gasteiger partial charge in [-0.3, -0.25) is 4.98 Å². The molecule has 3 heteroatoms. The second kappa shape index (κ2) is 5.17. The lowest BCUT2D eigenvalue weighted by molar-refractivity contribution is 0.824. The molecule has 0 aliphatic carbocycles. The zero-order valence-electron chi connectivity index (χ0n) is 7.23. The molecular formula is C9H14N2S. The smallest absolute Gasteiger partial charge is 0.0402 e. The zero-order chi connectivity index (χ0) is 8.81. The van der Waals surface area contributed by atoms with Gasteiger partial charge in [-0.15, -0.1) is 0 Å². The number of hydrogen-bond donors (Lipinski definition) is 1. The maximum absolute atomic E-state index is 5.92. The van der Waals surface area contributed by atoms with Crippen LogP contribution in [0.15, 0.2) is 24.5 Å². The lowest BCUT2D eigenvalue weighted by Crippen LogP contribution is -2.13. The molecule has 1 rings (SSSR count). The molecule has 0 radical (unpaired) electrons. The largest absolute Gasteiger partial charge is 0.323 e. The van der Waals surface area contributed by atoms with Crippen LogP contribution in [-0.4, -0.2) is 16.5 Å². The highest BCUT2D eigenvalue weighted by Crippen LogP contribution is 2.13. The van der Waals surface area contributed by atoms with Gasteiger partial charge in [-0.1, -0.05) is 13.0 Å². The van der Waals surface area contributed by atoms with E-state index in [1.165, 1.54) is 0 Å². The Morgan fingerprint density at radius 3 is 3.08 bits per heavy atom. The third-order valence-electron chi connectivity index (χ3n) is 1.61. The lowest BCUT2D eigenvalue weighted by atomic mass is 10.2. The summed E-state index contributed by atoms with van der Waals surface area (Å²) in [4.78, 5) is 4.02. The molecule has 0 amide bonds. The molecule has 2 N–H and O–H groups in total. The van der Waals surface area contributed by atoms with E-state index in [1.54, 1.807) is 6.20 Å². The molecule has 1 aromatic rings. The SMILES string of the molecule is CCSCC(N)c1cccnc1. The molecule has 1 unspecified atom stereocenters. The lowest BCUT2D eigenvalue weighted by Gasteiger charge is -2.09. The van der Waals surface area contributed by atoms with E-state index in [1.807, 2.05) is 30.1 Å². The van der Waals surface area contributed by atoms with Crippen LogP contribution in [0.2, 0.25) is 0 Å². The topological polar surface area (TPSA) is 38.9 Å². The minimum atomic E-state index is 0.128. The number of hydrogen-bond acceptors (Lipinski definition) is 3. The van der Waals surface area contributed by atoms with Crippen LogP contribution in [0.4, 0.5) is 0 Å². The number of thioether (sulfide) groups is 1. The Labute approximate surface area is 77.6 Å². The summed E-state index contributed by atoms with van der Waals surface area (Å²) in [6, 6.07) is 4.07. The highest BCUT2D eigenvalue weighted by Gasteiger charge is 2.03. The van der Waals surface area contributed by atoms with Crippen LogP contribution in [0.5, 0.6) is 0 Å². The van der Waals surface area contributed by atoms with Crippen molar-refractivity contribution in [2.45, 2.75) is 13.0 Å². The summed E-state index contributed by atoms with van der Waals surface area (Å²) in [5.74, 6) is 2.09. The van der Waals surface area contributed by atoms with Crippen molar-refractivity contribution in [3.63, 3.8) is 0 Å². The van der Waals surface area contributed by atoms with Crippen LogP contribution in [0.3, 0.4) is 0 Å². The Bertz CT molecular complexity index is 213. The average Bonchev–Trinajstić information content (AvgIpc) is 2.15. The fraction of sp³-hybridized carbons (Fsp3) is 0.444. The summed E-state index contributed by atoms with van der Waals surface area (Å²) in [7, 11) is 0. The fourth-order valence-corrected chi connectivity index (χ4v) is 1.62. The number of pyridine rings is 1. The van der Waals surface area contributed by atoms with Gasteiger partial charge in [-0.25, -0.2) is 0 Å². The van der Waals surface area contributed by atoms with Gasteiger partial charge in [0.25, 0.3) is 0 Å². The second-order valence-corrected chi connectivity index (χ2v) is 3.87. The Kier molecular flexibility index (Phi) is 4.11. The van der Waals surface area contributed by atoms with Crippen molar-refractivity contribution in [1.29, 1.82) is 0 Å². The van der Waals surface area contributed by atoms with Crippen molar-refractivity contribution in [3.05, 3.63) is 30.1 Å². The van der Waals surface area contributed by atoms with E-state index in [0.717, 1.165) is 17.1 Å². The van der Waals surface area contributed by atoms with Crippen molar-refractivity contribution in [3.8, 4) is 0 Å². The quantitative estimate of drug-likeness (QED) is 0.772. The molecule has 1 atom stereocenters. The maximum atomic E-state index is 5.92. The molecule has 0 saturated heterocycles. The summed E-state index contributed by atoms with van der Waals surface area (Å²) >= 11 is 1.86. The highest BCUT2D eigenvalue weighted by molar-refractivity contribution is 7.99. The first kappa shape index (κ1) is 9.55. The average molecular weight is 182 g/mol. The Morgan fingerprint density at radius 2 is 2.50 bits per heavy atom. The summed E-state index contributed by atoms with van der Waals surface area (Å²) in [5, 5.41) is 0. The summed E-state index contributed by atoms with van der Waals surface area (Å²) in [5.41, 5.74) is 7.04. The van der Waals surface area contributed by atoms with Crippen molar-refractivity contribution < 1.29 is 0 Å². The van der Waals surface area contributed by atoms with Gasteiger partial charge in [0.05, 0.1) is 0 Å². The molecule has 2 nitrogen and oxygen atoms in total. The van der Waals surface area contributed by atoms with E-state index >= 15 is 0 Å². The monoisotopic (exact) mass is 182 g/mol. The number of nitrogens with two attached hydrogens (primary N) is 1. The third kappa shape index (κ3) is 2.83. The first-order chi connectivity index (χ1) is 5.84. The van der Waals surface area contributed by atoms with Gasteiger partial charge in [0, 0.05) is 24.2 Å². The van der Waals surface area contributed by atoms with E-state index < -0.39 is 0 Å². The molecule has 0 aliphatic rings. The number of rotatable bonds is 4. The molecule has 0 aliphatic heterocycles. The Hall–Kier alpha value is -0.540. The van der Waals surface area contributed by atoms with Crippen LogP contribution >= 0.6 is 11.8 Å². The van der Waals surface area contributed by atoms with Gasteiger partial charge in [0.15, 0.2) is 0 Å². The van der Waals surface area contributed by atoms with Crippen LogP contribution in [0, 0.1) is 0 Å². The predicted octanol–water partition coefficient (Wildman–Crippen LogP) is 1.83. The molecule has 1 aromatic heterocycles. The van der Waals surface area contributed by atoms with Crippen LogP contribution in [0.1, 0.15) is 18.5 Å². The van der Waals surface area contributed by atoms with E-state index in [2.05, 4.69) is 11.9 Å². The molecule has 0 fully saturated rings. The predicted molar refractivity (Wildman–Crippen MR) is 54.2 cm³/mol. The molecule has 0 spiro atoms. The summed E-state index contributed by atoms with van der Waals surface area (Å²) in [6.45, 7) is 2.14. The summed E-state index contributed by atoms with van der Waals surface area (Å²) < 4.78 is 0.